The van der Waals surface area contributed by atoms with Gasteiger partial charge in [-0.2, -0.15) is 0 Å². The summed E-state index contributed by atoms with van der Waals surface area (Å²) in [5.41, 5.74) is 2.75. The molecule has 0 fully saturated rings. The molecule has 0 unspecified atom stereocenters. The van der Waals surface area contributed by atoms with Gasteiger partial charge in [-0.15, -0.1) is 24.0 Å². The lowest BCUT2D eigenvalue weighted by molar-refractivity contribution is 0.336. The first-order chi connectivity index (χ1) is 13.3. The molecule has 6 nitrogen and oxygen atoms in total. The van der Waals surface area contributed by atoms with E-state index in [1.165, 1.54) is 6.26 Å². The first-order valence-corrected chi connectivity index (χ1v) is 11.3. The summed E-state index contributed by atoms with van der Waals surface area (Å²) in [6.07, 6.45) is 1.22. The molecule has 29 heavy (non-hydrogen) atoms. The summed E-state index contributed by atoms with van der Waals surface area (Å²) in [6, 6.07) is 13.2. The van der Waals surface area contributed by atoms with E-state index in [0.717, 1.165) is 29.0 Å². The SMILES string of the molecule is CCNC(=NCc1ccc(S(C)(=O)=O)c(C)c1)NCc1ccccc1OCC.I. The molecule has 0 saturated carbocycles. The molecule has 0 radical (unpaired) electrons. The fraction of sp³-hybridized carbons (Fsp3) is 0.381. The van der Waals surface area contributed by atoms with Gasteiger partial charge in [-0.05, 0) is 44.0 Å². The Morgan fingerprint density at radius 2 is 1.83 bits per heavy atom. The number of halogens is 1. The van der Waals surface area contributed by atoms with Crippen LogP contribution in [0.2, 0.25) is 0 Å². The second-order valence-corrected chi connectivity index (χ2v) is 8.45. The summed E-state index contributed by atoms with van der Waals surface area (Å²) in [6.45, 7) is 8.18. The maximum absolute atomic E-state index is 11.8. The summed E-state index contributed by atoms with van der Waals surface area (Å²) in [4.78, 5) is 4.97. The maximum Gasteiger partial charge on any atom is 0.191 e. The Kier molecular flexibility index (Phi) is 10.5. The summed E-state index contributed by atoms with van der Waals surface area (Å²) < 4.78 is 29.2. The van der Waals surface area contributed by atoms with Crippen LogP contribution in [0.3, 0.4) is 0 Å². The molecule has 2 N–H and O–H groups in total. The average molecular weight is 531 g/mol. The lowest BCUT2D eigenvalue weighted by Crippen LogP contribution is -2.36. The average Bonchev–Trinajstić information content (AvgIpc) is 2.64. The van der Waals surface area contributed by atoms with Crippen LogP contribution >= 0.6 is 24.0 Å². The van der Waals surface area contributed by atoms with Gasteiger partial charge in [0.2, 0.25) is 0 Å². The predicted octanol–water partition coefficient (Wildman–Crippen LogP) is 3.67. The highest BCUT2D eigenvalue weighted by molar-refractivity contribution is 14.0. The number of ether oxygens (including phenoxy) is 1. The van der Waals surface area contributed by atoms with Crippen LogP contribution in [-0.2, 0) is 22.9 Å². The molecule has 0 amide bonds. The predicted molar refractivity (Wildman–Crippen MR) is 129 cm³/mol. The molecule has 2 aromatic rings. The van der Waals surface area contributed by atoms with Gasteiger partial charge in [-0.25, -0.2) is 13.4 Å². The minimum absolute atomic E-state index is 0. The van der Waals surface area contributed by atoms with Crippen molar-refractivity contribution in [2.24, 2.45) is 4.99 Å². The number of hydrogen-bond acceptors (Lipinski definition) is 4. The van der Waals surface area contributed by atoms with Crippen molar-refractivity contribution in [3.05, 3.63) is 59.2 Å². The van der Waals surface area contributed by atoms with Gasteiger partial charge in [0.1, 0.15) is 5.75 Å². The van der Waals surface area contributed by atoms with E-state index in [1.807, 2.05) is 44.2 Å². The van der Waals surface area contributed by atoms with E-state index in [1.54, 1.807) is 19.1 Å². The summed E-state index contributed by atoms with van der Waals surface area (Å²) in [5, 5.41) is 6.55. The fourth-order valence-electron chi connectivity index (χ4n) is 2.86. The molecule has 8 heteroatoms. The first kappa shape index (κ1) is 25.2. The molecule has 2 rings (SSSR count). The molecule has 2 aromatic carbocycles. The van der Waals surface area contributed by atoms with Crippen LogP contribution in [0, 0.1) is 6.92 Å². The van der Waals surface area contributed by atoms with Gasteiger partial charge in [0.05, 0.1) is 18.0 Å². The highest BCUT2D eigenvalue weighted by Gasteiger charge is 2.11. The number of rotatable bonds is 8. The van der Waals surface area contributed by atoms with E-state index in [4.69, 9.17) is 4.74 Å². The van der Waals surface area contributed by atoms with Gasteiger partial charge in [-0.3, -0.25) is 0 Å². The number of guanidine groups is 1. The molecule has 0 aliphatic heterocycles. The van der Waals surface area contributed by atoms with Crippen molar-refractivity contribution >= 4 is 39.8 Å². The Morgan fingerprint density at radius 1 is 1.10 bits per heavy atom. The molecular weight excluding hydrogens is 501 g/mol. The van der Waals surface area contributed by atoms with E-state index in [2.05, 4.69) is 15.6 Å². The highest BCUT2D eigenvalue weighted by atomic mass is 127. The fourth-order valence-corrected chi connectivity index (χ4v) is 3.82. The Bertz CT molecular complexity index is 931. The van der Waals surface area contributed by atoms with E-state index < -0.39 is 9.84 Å². The Labute approximate surface area is 191 Å². The molecule has 0 bridgehead atoms. The number of sulfone groups is 1. The van der Waals surface area contributed by atoms with Gasteiger partial charge in [0.25, 0.3) is 0 Å². The van der Waals surface area contributed by atoms with Gasteiger partial charge in [0, 0.05) is 24.9 Å². The Hall–Kier alpha value is -1.81. The molecule has 0 aliphatic carbocycles. The van der Waals surface area contributed by atoms with Gasteiger partial charge >= 0.3 is 0 Å². The number of benzene rings is 2. The standard InChI is InChI=1S/C21H29N3O3S.HI/c1-5-22-21(24-15-18-9-7-8-10-19(18)27-6-2)23-14-17-11-12-20(16(3)13-17)28(4,25)26;/h7-13H,5-6,14-15H2,1-4H3,(H2,22,23,24);1H. The third kappa shape index (κ3) is 7.85. The van der Waals surface area contributed by atoms with Crippen molar-refractivity contribution in [1.29, 1.82) is 0 Å². The third-order valence-corrected chi connectivity index (χ3v) is 5.38. The highest BCUT2D eigenvalue weighted by Crippen LogP contribution is 2.18. The zero-order valence-corrected chi connectivity index (χ0v) is 20.5. The van der Waals surface area contributed by atoms with Crippen LogP contribution in [0.5, 0.6) is 5.75 Å². The summed E-state index contributed by atoms with van der Waals surface area (Å²) in [5.74, 6) is 1.55. The van der Waals surface area contributed by atoms with E-state index >= 15 is 0 Å². The molecule has 0 aromatic heterocycles. The van der Waals surface area contributed by atoms with Crippen molar-refractivity contribution < 1.29 is 13.2 Å². The smallest absolute Gasteiger partial charge is 0.191 e. The molecule has 0 atom stereocenters. The molecule has 0 spiro atoms. The lowest BCUT2D eigenvalue weighted by Gasteiger charge is -2.14. The molecule has 0 heterocycles. The molecule has 0 aliphatic rings. The second-order valence-electron chi connectivity index (χ2n) is 6.46. The number of aryl methyl sites for hydroxylation is 1. The van der Waals surface area contributed by atoms with Crippen molar-refractivity contribution in [3.63, 3.8) is 0 Å². The minimum Gasteiger partial charge on any atom is -0.494 e. The zero-order chi connectivity index (χ0) is 20.6. The molecule has 160 valence electrons. The number of nitrogens with zero attached hydrogens (tertiary/aromatic N) is 1. The van der Waals surface area contributed by atoms with Gasteiger partial charge < -0.3 is 15.4 Å². The maximum atomic E-state index is 11.8. The summed E-state index contributed by atoms with van der Waals surface area (Å²) in [7, 11) is -3.21. The van der Waals surface area contributed by atoms with Gasteiger partial charge in [-0.1, -0.05) is 30.3 Å². The second kappa shape index (κ2) is 12.0. The van der Waals surface area contributed by atoms with Crippen LogP contribution in [-0.4, -0.2) is 33.8 Å². The Balaban J connectivity index is 0.00000420. The van der Waals surface area contributed by atoms with Crippen LogP contribution < -0.4 is 15.4 Å². The van der Waals surface area contributed by atoms with E-state index in [9.17, 15) is 8.42 Å². The molecule has 0 saturated heterocycles. The van der Waals surface area contributed by atoms with Crippen LogP contribution in [0.4, 0.5) is 0 Å². The number of para-hydroxylation sites is 1. The largest absolute Gasteiger partial charge is 0.494 e. The van der Waals surface area contributed by atoms with Crippen LogP contribution in [0.25, 0.3) is 0 Å². The van der Waals surface area contributed by atoms with Crippen molar-refractivity contribution in [2.75, 3.05) is 19.4 Å². The van der Waals surface area contributed by atoms with Crippen LogP contribution in [0.15, 0.2) is 52.4 Å². The zero-order valence-electron chi connectivity index (χ0n) is 17.4. The molecular formula is C21H30IN3O3S. The van der Waals surface area contributed by atoms with Crippen molar-refractivity contribution in [2.45, 2.75) is 38.8 Å². The number of aliphatic imine (C=N–C) groups is 1. The minimum atomic E-state index is -3.21. The normalized spacial score (nSPS) is 11.5. The quantitative estimate of drug-likeness (QED) is 0.309. The monoisotopic (exact) mass is 531 g/mol. The summed E-state index contributed by atoms with van der Waals surface area (Å²) >= 11 is 0. The van der Waals surface area contributed by atoms with Gasteiger partial charge in [0.15, 0.2) is 15.8 Å². The van der Waals surface area contributed by atoms with E-state index in [0.29, 0.717) is 30.6 Å². The Morgan fingerprint density at radius 3 is 2.45 bits per heavy atom. The first-order valence-electron chi connectivity index (χ1n) is 9.37. The topological polar surface area (TPSA) is 79.8 Å². The van der Waals surface area contributed by atoms with Crippen molar-refractivity contribution in [3.8, 4) is 5.75 Å². The van der Waals surface area contributed by atoms with E-state index in [-0.39, 0.29) is 24.0 Å². The lowest BCUT2D eigenvalue weighted by atomic mass is 10.1. The van der Waals surface area contributed by atoms with Crippen molar-refractivity contribution in [1.82, 2.24) is 10.6 Å². The third-order valence-electron chi connectivity index (χ3n) is 4.12. The van der Waals surface area contributed by atoms with Crippen LogP contribution in [0.1, 0.15) is 30.5 Å². The number of hydrogen-bond donors (Lipinski definition) is 2. The number of nitrogens with one attached hydrogen (secondary N) is 2.